The van der Waals surface area contributed by atoms with E-state index < -0.39 is 0 Å². The van der Waals surface area contributed by atoms with Crippen LogP contribution in [0.3, 0.4) is 0 Å². The molecule has 98 valence electrons. The number of fused-ring (bicyclic) bond motifs is 1. The molecule has 0 heterocycles. The normalized spacial score (nSPS) is 22.0. The minimum Gasteiger partial charge on any atom is -0.396 e. The third kappa shape index (κ3) is 1.88. The monoisotopic (exact) mass is 245 g/mol. The predicted octanol–water partition coefficient (Wildman–Crippen LogP) is 2.55. The van der Waals surface area contributed by atoms with Gasteiger partial charge in [-0.25, -0.2) is 0 Å². The summed E-state index contributed by atoms with van der Waals surface area (Å²) in [6.07, 6.45) is 6.09. The molecule has 0 amide bonds. The van der Waals surface area contributed by atoms with E-state index in [-0.39, 0.29) is 5.41 Å². The summed E-state index contributed by atoms with van der Waals surface area (Å²) in [6.45, 7) is 0.312. The molecule has 1 saturated carbocycles. The Labute approximate surface area is 110 Å². The molecule has 2 heteroatoms. The van der Waals surface area contributed by atoms with Gasteiger partial charge >= 0.3 is 0 Å². The molecule has 0 spiro atoms. The van der Waals surface area contributed by atoms with Crippen molar-refractivity contribution in [3.05, 3.63) is 34.9 Å². The number of rotatable bonds is 4. The molecule has 0 saturated heterocycles. The van der Waals surface area contributed by atoms with E-state index in [1.807, 2.05) is 0 Å². The highest BCUT2D eigenvalue weighted by Gasteiger charge is 2.50. The lowest BCUT2D eigenvalue weighted by Gasteiger charge is -2.32. The molecule has 2 aliphatic rings. The zero-order valence-electron chi connectivity index (χ0n) is 11.4. The van der Waals surface area contributed by atoms with E-state index in [0.717, 1.165) is 12.8 Å². The van der Waals surface area contributed by atoms with Crippen LogP contribution in [0.1, 0.15) is 42.0 Å². The van der Waals surface area contributed by atoms with Gasteiger partial charge in [0.2, 0.25) is 0 Å². The van der Waals surface area contributed by atoms with Gasteiger partial charge in [0.1, 0.15) is 0 Å². The molecule has 1 fully saturated rings. The summed E-state index contributed by atoms with van der Waals surface area (Å²) in [4.78, 5) is 2.28. The average Bonchev–Trinajstić information content (AvgIpc) is 2.99. The number of hydrogen-bond donors (Lipinski definition) is 1. The van der Waals surface area contributed by atoms with E-state index in [0.29, 0.717) is 12.6 Å². The number of aryl methyl sites for hydroxylation is 2. The molecule has 1 unspecified atom stereocenters. The lowest BCUT2D eigenvalue weighted by molar-refractivity contribution is 0.115. The van der Waals surface area contributed by atoms with E-state index in [4.69, 9.17) is 0 Å². The van der Waals surface area contributed by atoms with Gasteiger partial charge in [-0.1, -0.05) is 18.2 Å². The number of nitrogens with zero attached hydrogens (tertiary/aromatic N) is 1. The minimum absolute atomic E-state index is 0.121. The summed E-state index contributed by atoms with van der Waals surface area (Å²) < 4.78 is 0. The van der Waals surface area contributed by atoms with Crippen molar-refractivity contribution < 1.29 is 5.11 Å². The third-order valence-electron chi connectivity index (χ3n) is 4.74. The Balaban J connectivity index is 1.96. The van der Waals surface area contributed by atoms with Crippen LogP contribution in [0.5, 0.6) is 0 Å². The first-order valence-electron chi connectivity index (χ1n) is 7.05. The Morgan fingerprint density at radius 1 is 1.22 bits per heavy atom. The average molecular weight is 245 g/mol. The van der Waals surface area contributed by atoms with Gasteiger partial charge in [-0.15, -0.1) is 0 Å². The quantitative estimate of drug-likeness (QED) is 0.881. The third-order valence-corrected chi connectivity index (χ3v) is 4.74. The molecular weight excluding hydrogens is 222 g/mol. The van der Waals surface area contributed by atoms with Gasteiger partial charge in [-0.3, -0.25) is 0 Å². The fraction of sp³-hybridized carbons (Fsp3) is 0.625. The molecule has 0 bridgehead atoms. The minimum atomic E-state index is 0.121. The molecule has 2 aliphatic carbocycles. The second-order valence-electron chi connectivity index (χ2n) is 6.27. The highest BCUT2D eigenvalue weighted by Crippen LogP contribution is 2.56. The van der Waals surface area contributed by atoms with Gasteiger partial charge in [-0.05, 0) is 62.9 Å². The molecule has 1 atom stereocenters. The first-order valence-corrected chi connectivity index (χ1v) is 7.05. The van der Waals surface area contributed by atoms with Crippen molar-refractivity contribution in [1.29, 1.82) is 0 Å². The molecule has 1 aromatic carbocycles. The van der Waals surface area contributed by atoms with Crippen molar-refractivity contribution in [2.24, 2.45) is 5.41 Å². The number of aliphatic hydroxyl groups excluding tert-OH is 1. The summed E-state index contributed by atoms with van der Waals surface area (Å²) >= 11 is 0. The summed E-state index contributed by atoms with van der Waals surface area (Å²) in [5.41, 5.74) is 4.58. The predicted molar refractivity (Wildman–Crippen MR) is 73.6 cm³/mol. The Morgan fingerprint density at radius 2 is 1.94 bits per heavy atom. The molecule has 18 heavy (non-hydrogen) atoms. The number of benzene rings is 1. The van der Waals surface area contributed by atoms with Crippen LogP contribution in [0.4, 0.5) is 0 Å². The van der Waals surface area contributed by atoms with E-state index in [9.17, 15) is 5.11 Å². The van der Waals surface area contributed by atoms with E-state index in [2.05, 4.69) is 37.2 Å². The van der Waals surface area contributed by atoms with Gasteiger partial charge in [0.25, 0.3) is 0 Å². The first-order chi connectivity index (χ1) is 8.66. The fourth-order valence-electron chi connectivity index (χ4n) is 3.64. The maximum atomic E-state index is 9.70. The second kappa shape index (κ2) is 4.36. The standard InChI is InChI=1S/C16H23NO/c1-17(2)15(16(11-18)8-9-16)14-7-6-12-4-3-5-13(12)10-14/h6-7,10,15,18H,3-5,8-9,11H2,1-2H3. The Kier molecular flexibility index (Phi) is 2.95. The van der Waals surface area contributed by atoms with Crippen molar-refractivity contribution in [3.63, 3.8) is 0 Å². The highest BCUT2D eigenvalue weighted by atomic mass is 16.3. The van der Waals surface area contributed by atoms with Crippen molar-refractivity contribution in [1.82, 2.24) is 4.90 Å². The maximum Gasteiger partial charge on any atom is 0.0505 e. The Hall–Kier alpha value is -0.860. The second-order valence-corrected chi connectivity index (χ2v) is 6.27. The van der Waals surface area contributed by atoms with Crippen LogP contribution in [0.15, 0.2) is 18.2 Å². The summed E-state index contributed by atoms with van der Waals surface area (Å²) in [6, 6.07) is 7.35. The Bertz CT molecular complexity index is 448. The van der Waals surface area contributed by atoms with Crippen LogP contribution in [-0.4, -0.2) is 30.7 Å². The van der Waals surface area contributed by atoms with Crippen LogP contribution in [0, 0.1) is 5.41 Å². The summed E-state index contributed by atoms with van der Waals surface area (Å²) in [5.74, 6) is 0. The SMILES string of the molecule is CN(C)C(c1ccc2c(c1)CCC2)C1(CO)CC1. The maximum absolute atomic E-state index is 9.70. The fourth-order valence-corrected chi connectivity index (χ4v) is 3.64. The van der Waals surface area contributed by atoms with Crippen molar-refractivity contribution in [3.8, 4) is 0 Å². The van der Waals surface area contributed by atoms with Crippen molar-refractivity contribution in [2.45, 2.75) is 38.1 Å². The molecule has 1 N–H and O–H groups in total. The lowest BCUT2D eigenvalue weighted by atomic mass is 9.88. The van der Waals surface area contributed by atoms with Crippen molar-refractivity contribution >= 4 is 0 Å². The summed E-state index contributed by atoms with van der Waals surface area (Å²) in [7, 11) is 4.27. The van der Waals surface area contributed by atoms with E-state index in [1.165, 1.54) is 36.0 Å². The van der Waals surface area contributed by atoms with Crippen LogP contribution in [0.2, 0.25) is 0 Å². The van der Waals surface area contributed by atoms with Crippen LogP contribution < -0.4 is 0 Å². The number of hydrogen-bond acceptors (Lipinski definition) is 2. The number of aliphatic hydroxyl groups is 1. The van der Waals surface area contributed by atoms with Gasteiger partial charge in [0.15, 0.2) is 0 Å². The first kappa shape index (κ1) is 12.2. The molecule has 3 rings (SSSR count). The molecule has 0 aromatic heterocycles. The van der Waals surface area contributed by atoms with E-state index in [1.54, 1.807) is 0 Å². The smallest absolute Gasteiger partial charge is 0.0505 e. The lowest BCUT2D eigenvalue weighted by Crippen LogP contribution is -2.31. The van der Waals surface area contributed by atoms with Gasteiger partial charge in [0.05, 0.1) is 6.61 Å². The molecule has 1 aromatic rings. The summed E-state index contributed by atoms with van der Waals surface area (Å²) in [5, 5.41) is 9.70. The molecular formula is C16H23NO. The van der Waals surface area contributed by atoms with Gasteiger partial charge < -0.3 is 10.0 Å². The van der Waals surface area contributed by atoms with Crippen molar-refractivity contribution in [2.75, 3.05) is 20.7 Å². The molecule has 2 nitrogen and oxygen atoms in total. The highest BCUT2D eigenvalue weighted by molar-refractivity contribution is 5.37. The van der Waals surface area contributed by atoms with Crippen LogP contribution in [-0.2, 0) is 12.8 Å². The zero-order valence-corrected chi connectivity index (χ0v) is 11.4. The van der Waals surface area contributed by atoms with Crippen LogP contribution >= 0.6 is 0 Å². The van der Waals surface area contributed by atoms with Crippen LogP contribution in [0.25, 0.3) is 0 Å². The van der Waals surface area contributed by atoms with E-state index >= 15 is 0 Å². The topological polar surface area (TPSA) is 23.5 Å². The van der Waals surface area contributed by atoms with Gasteiger partial charge in [-0.2, -0.15) is 0 Å². The molecule has 0 aliphatic heterocycles. The zero-order chi connectivity index (χ0) is 12.8. The van der Waals surface area contributed by atoms with Gasteiger partial charge in [0, 0.05) is 11.5 Å². The largest absolute Gasteiger partial charge is 0.396 e. The molecule has 0 radical (unpaired) electrons. The Morgan fingerprint density at radius 3 is 2.56 bits per heavy atom.